The zero-order chi connectivity index (χ0) is 21.1. The van der Waals surface area contributed by atoms with Crippen LogP contribution in [0.4, 0.5) is 15.2 Å². The van der Waals surface area contributed by atoms with Crippen LogP contribution in [0.1, 0.15) is 35.4 Å². The van der Waals surface area contributed by atoms with Gasteiger partial charge in [-0.15, -0.1) is 0 Å². The van der Waals surface area contributed by atoms with Gasteiger partial charge in [0.05, 0.1) is 5.92 Å². The average Bonchev–Trinajstić information content (AvgIpc) is 3.21. The van der Waals surface area contributed by atoms with E-state index in [1.165, 1.54) is 34.8 Å². The summed E-state index contributed by atoms with van der Waals surface area (Å²) in [5.74, 6) is 0.455. The average molecular weight is 425 g/mol. The summed E-state index contributed by atoms with van der Waals surface area (Å²) in [4.78, 5) is 19.6. The SMILES string of the molecule is Cc1ccc(NC(=O)C2CCCN(c3nc(Cc4ccc(F)cc4)ns3)C2)cc1C. The largest absolute Gasteiger partial charge is 0.346 e. The number of halogens is 1. The van der Waals surface area contributed by atoms with Crippen molar-refractivity contribution < 1.29 is 9.18 Å². The Hall–Kier alpha value is -2.80. The van der Waals surface area contributed by atoms with Crippen molar-refractivity contribution in [2.75, 3.05) is 23.3 Å². The summed E-state index contributed by atoms with van der Waals surface area (Å²) >= 11 is 1.36. The van der Waals surface area contributed by atoms with Gasteiger partial charge in [0.1, 0.15) is 11.6 Å². The van der Waals surface area contributed by atoms with E-state index in [1.54, 1.807) is 12.1 Å². The lowest BCUT2D eigenvalue weighted by Gasteiger charge is -2.31. The molecule has 5 nitrogen and oxygen atoms in total. The Kier molecular flexibility index (Phi) is 6.08. The Morgan fingerprint density at radius 3 is 2.77 bits per heavy atom. The van der Waals surface area contributed by atoms with Gasteiger partial charge in [-0.1, -0.05) is 18.2 Å². The van der Waals surface area contributed by atoms with Crippen molar-refractivity contribution in [3.05, 3.63) is 70.8 Å². The highest BCUT2D eigenvalue weighted by Crippen LogP contribution is 2.26. The summed E-state index contributed by atoms with van der Waals surface area (Å²) in [7, 11) is 0. The maximum Gasteiger partial charge on any atom is 0.229 e. The molecule has 0 saturated carbocycles. The highest BCUT2D eigenvalue weighted by Gasteiger charge is 2.27. The molecule has 4 rings (SSSR count). The molecule has 30 heavy (non-hydrogen) atoms. The molecule has 1 unspecified atom stereocenters. The van der Waals surface area contributed by atoms with E-state index < -0.39 is 0 Å². The van der Waals surface area contributed by atoms with E-state index in [0.29, 0.717) is 13.0 Å². The third kappa shape index (κ3) is 4.84. The number of nitrogens with zero attached hydrogens (tertiary/aromatic N) is 3. The van der Waals surface area contributed by atoms with Crippen LogP contribution in [0, 0.1) is 25.6 Å². The number of piperidine rings is 1. The van der Waals surface area contributed by atoms with Crippen LogP contribution in [0.3, 0.4) is 0 Å². The molecular weight excluding hydrogens is 399 g/mol. The Bertz CT molecular complexity index is 1030. The predicted molar refractivity (Wildman–Crippen MR) is 119 cm³/mol. The number of rotatable bonds is 5. The Balaban J connectivity index is 1.38. The fourth-order valence-electron chi connectivity index (χ4n) is 3.66. The van der Waals surface area contributed by atoms with Crippen LogP contribution >= 0.6 is 11.5 Å². The first-order chi connectivity index (χ1) is 14.5. The number of carbonyl (C=O) groups excluding carboxylic acids is 1. The van der Waals surface area contributed by atoms with Gasteiger partial charge >= 0.3 is 0 Å². The zero-order valence-corrected chi connectivity index (χ0v) is 18.0. The molecule has 0 spiro atoms. The summed E-state index contributed by atoms with van der Waals surface area (Å²) in [5, 5.41) is 3.91. The van der Waals surface area contributed by atoms with E-state index in [0.717, 1.165) is 41.6 Å². The first-order valence-electron chi connectivity index (χ1n) is 10.2. The van der Waals surface area contributed by atoms with Gasteiger partial charge in [0.15, 0.2) is 0 Å². The first-order valence-corrected chi connectivity index (χ1v) is 11.0. The third-order valence-corrected chi connectivity index (χ3v) is 6.38. The maximum atomic E-state index is 13.1. The number of hydrogen-bond donors (Lipinski definition) is 1. The predicted octanol–water partition coefficient (Wildman–Crippen LogP) is 4.74. The van der Waals surface area contributed by atoms with Crippen molar-refractivity contribution in [3.63, 3.8) is 0 Å². The molecule has 1 aliphatic heterocycles. The molecule has 3 aromatic rings. The number of benzene rings is 2. The lowest BCUT2D eigenvalue weighted by atomic mass is 9.97. The third-order valence-electron chi connectivity index (χ3n) is 5.57. The van der Waals surface area contributed by atoms with Crippen LogP contribution in [0.15, 0.2) is 42.5 Å². The van der Waals surface area contributed by atoms with Crippen molar-refractivity contribution in [3.8, 4) is 0 Å². The summed E-state index contributed by atoms with van der Waals surface area (Å²) in [5.41, 5.74) is 4.20. The van der Waals surface area contributed by atoms with Crippen molar-refractivity contribution in [2.24, 2.45) is 5.92 Å². The molecular formula is C23H25FN4OS. The molecule has 1 aliphatic rings. The second-order valence-corrected chi connectivity index (χ2v) is 8.60. The molecule has 1 amide bonds. The Morgan fingerprint density at radius 2 is 2.00 bits per heavy atom. The second kappa shape index (κ2) is 8.92. The molecule has 0 bridgehead atoms. The lowest BCUT2D eigenvalue weighted by Crippen LogP contribution is -2.40. The molecule has 1 N–H and O–H groups in total. The lowest BCUT2D eigenvalue weighted by molar-refractivity contribution is -0.120. The molecule has 7 heteroatoms. The van der Waals surface area contributed by atoms with Gasteiger partial charge in [-0.05, 0) is 67.6 Å². The molecule has 0 aliphatic carbocycles. The Labute approximate surface area is 180 Å². The van der Waals surface area contributed by atoms with Gasteiger partial charge in [-0.25, -0.2) is 9.37 Å². The molecule has 1 fully saturated rings. The number of amides is 1. The topological polar surface area (TPSA) is 58.1 Å². The van der Waals surface area contributed by atoms with E-state index >= 15 is 0 Å². The van der Waals surface area contributed by atoms with Crippen molar-refractivity contribution in [2.45, 2.75) is 33.1 Å². The van der Waals surface area contributed by atoms with E-state index in [1.807, 2.05) is 25.1 Å². The minimum absolute atomic E-state index is 0.0546. The highest BCUT2D eigenvalue weighted by atomic mass is 32.1. The molecule has 1 atom stereocenters. The number of carbonyl (C=O) groups is 1. The second-order valence-electron chi connectivity index (χ2n) is 7.87. The number of aromatic nitrogens is 2. The molecule has 2 aromatic carbocycles. The minimum Gasteiger partial charge on any atom is -0.346 e. The fourth-order valence-corrected chi connectivity index (χ4v) is 4.38. The molecule has 2 heterocycles. The van der Waals surface area contributed by atoms with E-state index in [2.05, 4.69) is 26.5 Å². The number of hydrogen-bond acceptors (Lipinski definition) is 5. The van der Waals surface area contributed by atoms with Gasteiger partial charge in [0, 0.05) is 36.7 Å². The summed E-state index contributed by atoms with van der Waals surface area (Å²) in [6, 6.07) is 12.4. The molecule has 1 saturated heterocycles. The van der Waals surface area contributed by atoms with Gasteiger partial charge in [0.25, 0.3) is 0 Å². The van der Waals surface area contributed by atoms with E-state index in [4.69, 9.17) is 0 Å². The van der Waals surface area contributed by atoms with Crippen molar-refractivity contribution in [1.82, 2.24) is 9.36 Å². The van der Waals surface area contributed by atoms with Gasteiger partial charge in [-0.3, -0.25) is 4.79 Å². The molecule has 156 valence electrons. The summed E-state index contributed by atoms with van der Waals surface area (Å²) in [6.45, 7) is 5.62. The van der Waals surface area contributed by atoms with Gasteiger partial charge in [0.2, 0.25) is 11.0 Å². The monoisotopic (exact) mass is 424 g/mol. The van der Waals surface area contributed by atoms with Crippen LogP contribution in [0.5, 0.6) is 0 Å². The standard InChI is InChI=1S/C23H25FN4OS/c1-15-5-10-20(12-16(15)2)25-22(29)18-4-3-11-28(14-18)23-26-21(27-30-23)13-17-6-8-19(24)9-7-17/h5-10,12,18H,3-4,11,13-14H2,1-2H3,(H,25,29). The first kappa shape index (κ1) is 20.5. The quantitative estimate of drug-likeness (QED) is 0.643. The van der Waals surface area contributed by atoms with Crippen molar-refractivity contribution in [1.29, 1.82) is 0 Å². The highest BCUT2D eigenvalue weighted by molar-refractivity contribution is 7.09. The summed E-state index contributed by atoms with van der Waals surface area (Å²) < 4.78 is 17.5. The van der Waals surface area contributed by atoms with E-state index in [-0.39, 0.29) is 17.6 Å². The Morgan fingerprint density at radius 1 is 1.20 bits per heavy atom. The summed E-state index contributed by atoms with van der Waals surface area (Å²) in [6.07, 6.45) is 2.38. The van der Waals surface area contributed by atoms with E-state index in [9.17, 15) is 9.18 Å². The minimum atomic E-state index is -0.246. The number of aryl methyl sites for hydroxylation is 2. The van der Waals surface area contributed by atoms with Gasteiger partial charge in [-0.2, -0.15) is 4.37 Å². The van der Waals surface area contributed by atoms with Crippen LogP contribution in [-0.2, 0) is 11.2 Å². The van der Waals surface area contributed by atoms with Crippen LogP contribution in [-0.4, -0.2) is 28.4 Å². The molecule has 0 radical (unpaired) electrons. The zero-order valence-electron chi connectivity index (χ0n) is 17.2. The van der Waals surface area contributed by atoms with Crippen LogP contribution < -0.4 is 10.2 Å². The van der Waals surface area contributed by atoms with Crippen LogP contribution in [0.2, 0.25) is 0 Å². The number of anilines is 2. The maximum absolute atomic E-state index is 13.1. The normalized spacial score (nSPS) is 16.5. The van der Waals surface area contributed by atoms with Crippen molar-refractivity contribution >= 4 is 28.3 Å². The fraction of sp³-hybridized carbons (Fsp3) is 0.348. The van der Waals surface area contributed by atoms with Crippen LogP contribution in [0.25, 0.3) is 0 Å². The molecule has 1 aromatic heterocycles. The van der Waals surface area contributed by atoms with Gasteiger partial charge < -0.3 is 10.2 Å². The number of nitrogens with one attached hydrogen (secondary N) is 1. The smallest absolute Gasteiger partial charge is 0.229 e.